The predicted molar refractivity (Wildman–Crippen MR) is 135 cm³/mol. The highest BCUT2D eigenvalue weighted by atomic mass is 16.1. The summed E-state index contributed by atoms with van der Waals surface area (Å²) in [5.74, 6) is 0.480. The van der Waals surface area contributed by atoms with Crippen LogP contribution in [-0.4, -0.2) is 60.5 Å². The standard InChI is InChI=1S/C26H34N6O2/c1-2-24(33)28-21-6-5-16-32(18-21)23-12-11-22(25(27)34)26(30-23)29-20-9-7-19(8-10-20)13-17-31-14-3-4-15-31/h2,7-12,21H,1,3-6,13-18H2,(H2,27,34)(H,28,33)(H,29,30)/t21-/m1/s1. The van der Waals surface area contributed by atoms with Crippen molar-refractivity contribution < 1.29 is 9.59 Å². The van der Waals surface area contributed by atoms with E-state index in [-0.39, 0.29) is 11.9 Å². The Labute approximate surface area is 201 Å². The van der Waals surface area contributed by atoms with Crippen molar-refractivity contribution in [3.05, 3.63) is 60.2 Å². The van der Waals surface area contributed by atoms with Crippen LogP contribution in [0.5, 0.6) is 0 Å². The van der Waals surface area contributed by atoms with Gasteiger partial charge in [-0.25, -0.2) is 4.98 Å². The number of nitrogens with zero attached hydrogens (tertiary/aromatic N) is 3. The molecule has 1 atom stereocenters. The van der Waals surface area contributed by atoms with Crippen LogP contribution >= 0.6 is 0 Å². The first-order valence-electron chi connectivity index (χ1n) is 12.1. The van der Waals surface area contributed by atoms with Crippen molar-refractivity contribution in [2.45, 2.75) is 38.1 Å². The largest absolute Gasteiger partial charge is 0.365 e. The zero-order valence-electron chi connectivity index (χ0n) is 19.6. The Morgan fingerprint density at radius 2 is 1.85 bits per heavy atom. The fourth-order valence-corrected chi connectivity index (χ4v) is 4.67. The highest BCUT2D eigenvalue weighted by Crippen LogP contribution is 2.25. The molecule has 2 aromatic rings. The van der Waals surface area contributed by atoms with E-state index in [1.54, 1.807) is 6.07 Å². The molecule has 0 aliphatic carbocycles. The first-order valence-corrected chi connectivity index (χ1v) is 12.1. The molecule has 2 fully saturated rings. The molecule has 180 valence electrons. The maximum atomic E-state index is 12.0. The molecule has 0 saturated carbocycles. The summed E-state index contributed by atoms with van der Waals surface area (Å²) < 4.78 is 0. The molecule has 1 aromatic carbocycles. The Kier molecular flexibility index (Phi) is 7.80. The lowest BCUT2D eigenvalue weighted by Gasteiger charge is -2.34. The molecule has 0 unspecified atom stereocenters. The number of carbonyl (C=O) groups is 2. The highest BCUT2D eigenvalue weighted by molar-refractivity contribution is 5.98. The molecule has 2 aliphatic heterocycles. The summed E-state index contributed by atoms with van der Waals surface area (Å²) in [6, 6.07) is 11.8. The molecule has 4 N–H and O–H groups in total. The number of nitrogens with two attached hydrogens (primary N) is 1. The molecule has 2 aliphatic rings. The number of primary amides is 1. The quantitative estimate of drug-likeness (QED) is 0.495. The lowest BCUT2D eigenvalue weighted by atomic mass is 10.1. The fraction of sp³-hybridized carbons (Fsp3) is 0.423. The smallest absolute Gasteiger partial charge is 0.252 e. The van der Waals surface area contributed by atoms with Crippen molar-refractivity contribution in [2.24, 2.45) is 5.73 Å². The Bertz CT molecular complexity index is 1020. The van der Waals surface area contributed by atoms with E-state index in [9.17, 15) is 9.59 Å². The molecule has 3 heterocycles. The van der Waals surface area contributed by atoms with E-state index < -0.39 is 5.91 Å². The summed E-state index contributed by atoms with van der Waals surface area (Å²) in [6.45, 7) is 8.49. The summed E-state index contributed by atoms with van der Waals surface area (Å²) in [7, 11) is 0. The minimum Gasteiger partial charge on any atom is -0.365 e. The first-order chi connectivity index (χ1) is 16.5. The number of aromatic nitrogens is 1. The van der Waals surface area contributed by atoms with Crippen molar-refractivity contribution in [1.82, 2.24) is 15.2 Å². The maximum Gasteiger partial charge on any atom is 0.252 e. The molecule has 34 heavy (non-hydrogen) atoms. The van der Waals surface area contributed by atoms with Gasteiger partial charge in [0.25, 0.3) is 5.91 Å². The van der Waals surface area contributed by atoms with Crippen LogP contribution in [-0.2, 0) is 11.2 Å². The van der Waals surface area contributed by atoms with E-state index in [1.807, 2.05) is 18.2 Å². The molecule has 0 bridgehead atoms. The molecule has 8 nitrogen and oxygen atoms in total. The Balaban J connectivity index is 1.45. The van der Waals surface area contributed by atoms with Crippen LogP contribution in [0.15, 0.2) is 49.1 Å². The van der Waals surface area contributed by atoms with Gasteiger partial charge in [0, 0.05) is 31.4 Å². The van der Waals surface area contributed by atoms with Gasteiger partial charge in [0.15, 0.2) is 0 Å². The van der Waals surface area contributed by atoms with Gasteiger partial charge in [0.05, 0.1) is 5.56 Å². The maximum absolute atomic E-state index is 12.0. The third-order valence-electron chi connectivity index (χ3n) is 6.56. The molecule has 1 aromatic heterocycles. The number of piperidine rings is 1. The Hall–Kier alpha value is -3.39. The molecule has 0 spiro atoms. The van der Waals surface area contributed by atoms with Crippen molar-refractivity contribution in [2.75, 3.05) is 42.9 Å². The number of amides is 2. The fourth-order valence-electron chi connectivity index (χ4n) is 4.67. The van der Waals surface area contributed by atoms with E-state index in [2.05, 4.69) is 39.1 Å². The van der Waals surface area contributed by atoms with Gasteiger partial charge < -0.3 is 26.2 Å². The average molecular weight is 463 g/mol. The second-order valence-corrected chi connectivity index (χ2v) is 9.05. The van der Waals surface area contributed by atoms with E-state index in [0.717, 1.165) is 43.9 Å². The molecule has 2 amide bonds. The monoisotopic (exact) mass is 462 g/mol. The third kappa shape index (κ3) is 6.14. The second kappa shape index (κ2) is 11.2. The SMILES string of the molecule is C=CC(=O)N[C@@H]1CCCN(c2ccc(C(N)=O)c(Nc3ccc(CCN4CCCC4)cc3)n2)C1. The van der Waals surface area contributed by atoms with Gasteiger partial charge in [0.2, 0.25) is 5.91 Å². The highest BCUT2D eigenvalue weighted by Gasteiger charge is 2.23. The molecule has 0 radical (unpaired) electrons. The summed E-state index contributed by atoms with van der Waals surface area (Å²) in [5, 5.41) is 6.24. The van der Waals surface area contributed by atoms with Crippen LogP contribution in [0.1, 0.15) is 41.6 Å². The van der Waals surface area contributed by atoms with Gasteiger partial charge >= 0.3 is 0 Å². The predicted octanol–water partition coefficient (Wildman–Crippen LogP) is 2.83. The molecule has 8 heteroatoms. The number of carbonyl (C=O) groups excluding carboxylic acids is 2. The van der Waals surface area contributed by atoms with Gasteiger partial charge in [-0.15, -0.1) is 0 Å². The van der Waals surface area contributed by atoms with Gasteiger partial charge in [-0.2, -0.15) is 0 Å². The lowest BCUT2D eigenvalue weighted by molar-refractivity contribution is -0.117. The van der Waals surface area contributed by atoms with Crippen molar-refractivity contribution in [1.29, 1.82) is 0 Å². The minimum atomic E-state index is -0.529. The molecular weight excluding hydrogens is 428 g/mol. The van der Waals surface area contributed by atoms with Crippen molar-refractivity contribution >= 4 is 29.1 Å². The van der Waals surface area contributed by atoms with Crippen molar-refractivity contribution in [3.63, 3.8) is 0 Å². The van der Waals surface area contributed by atoms with Crippen LogP contribution < -0.4 is 21.3 Å². The van der Waals surface area contributed by atoms with Crippen LogP contribution in [0, 0.1) is 0 Å². The van der Waals surface area contributed by atoms with Crippen LogP contribution in [0.4, 0.5) is 17.3 Å². The Morgan fingerprint density at radius 3 is 2.56 bits per heavy atom. The lowest BCUT2D eigenvalue weighted by Crippen LogP contribution is -2.47. The summed E-state index contributed by atoms with van der Waals surface area (Å²) >= 11 is 0. The molecule has 4 rings (SSSR count). The minimum absolute atomic E-state index is 0.0291. The number of nitrogens with one attached hydrogen (secondary N) is 2. The van der Waals surface area contributed by atoms with Gasteiger partial charge in [-0.05, 0) is 81.1 Å². The van der Waals surface area contributed by atoms with E-state index in [4.69, 9.17) is 10.7 Å². The van der Waals surface area contributed by atoms with E-state index in [0.29, 0.717) is 17.9 Å². The van der Waals surface area contributed by atoms with Gasteiger partial charge in [-0.1, -0.05) is 18.7 Å². The van der Waals surface area contributed by atoms with Crippen molar-refractivity contribution in [3.8, 4) is 0 Å². The number of hydrogen-bond acceptors (Lipinski definition) is 6. The summed E-state index contributed by atoms with van der Waals surface area (Å²) in [6.07, 6.45) is 6.77. The summed E-state index contributed by atoms with van der Waals surface area (Å²) in [5.41, 5.74) is 8.10. The first kappa shape index (κ1) is 23.8. The molecular formula is C26H34N6O2. The number of rotatable bonds is 9. The average Bonchev–Trinajstić information content (AvgIpc) is 3.37. The van der Waals surface area contributed by atoms with Crippen LogP contribution in [0.25, 0.3) is 0 Å². The second-order valence-electron chi connectivity index (χ2n) is 9.05. The Morgan fingerprint density at radius 1 is 1.09 bits per heavy atom. The zero-order chi connectivity index (χ0) is 23.9. The number of pyridine rings is 1. The van der Waals surface area contributed by atoms with Gasteiger partial charge in [-0.3, -0.25) is 9.59 Å². The number of anilines is 3. The van der Waals surface area contributed by atoms with E-state index >= 15 is 0 Å². The zero-order valence-corrected chi connectivity index (χ0v) is 19.6. The van der Waals surface area contributed by atoms with Crippen LogP contribution in [0.3, 0.4) is 0 Å². The van der Waals surface area contributed by atoms with E-state index in [1.165, 1.54) is 37.6 Å². The number of benzene rings is 1. The molecule has 2 saturated heterocycles. The normalized spacial score (nSPS) is 18.5. The van der Waals surface area contributed by atoms with Crippen LogP contribution in [0.2, 0.25) is 0 Å². The topological polar surface area (TPSA) is 104 Å². The number of likely N-dealkylation sites (tertiary alicyclic amines) is 1. The number of hydrogen-bond donors (Lipinski definition) is 3. The third-order valence-corrected chi connectivity index (χ3v) is 6.56. The van der Waals surface area contributed by atoms with Gasteiger partial charge in [0.1, 0.15) is 11.6 Å². The summed E-state index contributed by atoms with van der Waals surface area (Å²) in [4.78, 5) is 33.1.